The summed E-state index contributed by atoms with van der Waals surface area (Å²) in [6, 6.07) is 4.53. The first kappa shape index (κ1) is 14.2. The zero-order valence-corrected chi connectivity index (χ0v) is 10.5. The van der Waals surface area contributed by atoms with Gasteiger partial charge in [-0.05, 0) is 43.0 Å². The minimum absolute atomic E-state index is 0.135. The standard InChI is InChI=1S/C14H17F3O2/c15-14(16,17)11-5-7-12(8-6-11)19-9-13(18)10-3-1-2-4-10/h5-8,10,13,18H,1-4,9H2. The van der Waals surface area contributed by atoms with Crippen molar-refractivity contribution in [3.8, 4) is 5.75 Å². The van der Waals surface area contributed by atoms with Gasteiger partial charge in [-0.2, -0.15) is 13.2 Å². The molecule has 106 valence electrons. The zero-order valence-electron chi connectivity index (χ0n) is 10.5. The molecule has 0 radical (unpaired) electrons. The Balaban J connectivity index is 1.86. The Hall–Kier alpha value is -1.23. The van der Waals surface area contributed by atoms with Gasteiger partial charge in [0.25, 0.3) is 0 Å². The third-order valence-corrected chi connectivity index (χ3v) is 3.55. The number of aliphatic hydroxyl groups is 1. The Bertz CT molecular complexity index is 394. The molecule has 0 aliphatic heterocycles. The number of hydrogen-bond acceptors (Lipinski definition) is 2. The van der Waals surface area contributed by atoms with Gasteiger partial charge in [0.05, 0.1) is 11.7 Å². The molecule has 2 rings (SSSR count). The Kier molecular flexibility index (Phi) is 4.34. The number of rotatable bonds is 4. The van der Waals surface area contributed by atoms with E-state index in [1.54, 1.807) is 0 Å². The second kappa shape index (κ2) is 5.82. The Morgan fingerprint density at radius 1 is 1.16 bits per heavy atom. The van der Waals surface area contributed by atoms with Crippen molar-refractivity contribution < 1.29 is 23.0 Å². The van der Waals surface area contributed by atoms with Crippen LogP contribution < -0.4 is 4.74 Å². The van der Waals surface area contributed by atoms with E-state index in [0.29, 0.717) is 5.75 Å². The molecule has 0 spiro atoms. The third-order valence-electron chi connectivity index (χ3n) is 3.55. The molecule has 0 heterocycles. The molecule has 5 heteroatoms. The third kappa shape index (κ3) is 3.86. The number of hydrogen-bond donors (Lipinski definition) is 1. The lowest BCUT2D eigenvalue weighted by atomic mass is 10.0. The van der Waals surface area contributed by atoms with Crippen LogP contribution in [0.2, 0.25) is 0 Å². The molecule has 1 aliphatic carbocycles. The molecule has 1 saturated carbocycles. The monoisotopic (exact) mass is 274 g/mol. The second-order valence-corrected chi connectivity index (χ2v) is 4.95. The van der Waals surface area contributed by atoms with E-state index in [-0.39, 0.29) is 12.5 Å². The van der Waals surface area contributed by atoms with Crippen molar-refractivity contribution in [2.75, 3.05) is 6.61 Å². The summed E-state index contributed by atoms with van der Waals surface area (Å²) in [4.78, 5) is 0. The molecule has 2 nitrogen and oxygen atoms in total. The Morgan fingerprint density at radius 2 is 1.74 bits per heavy atom. The summed E-state index contributed by atoms with van der Waals surface area (Å²) < 4.78 is 42.4. The van der Waals surface area contributed by atoms with Gasteiger partial charge in [-0.15, -0.1) is 0 Å². The fourth-order valence-corrected chi connectivity index (χ4v) is 2.40. The Labute approximate surface area is 110 Å². The fourth-order valence-electron chi connectivity index (χ4n) is 2.40. The van der Waals surface area contributed by atoms with Gasteiger partial charge in [0, 0.05) is 0 Å². The topological polar surface area (TPSA) is 29.5 Å². The van der Waals surface area contributed by atoms with Crippen molar-refractivity contribution in [2.45, 2.75) is 38.0 Å². The van der Waals surface area contributed by atoms with Gasteiger partial charge in [0.2, 0.25) is 0 Å². The molecule has 1 aliphatic rings. The number of aliphatic hydroxyl groups excluding tert-OH is 1. The van der Waals surface area contributed by atoms with E-state index in [1.165, 1.54) is 12.1 Å². The summed E-state index contributed by atoms with van der Waals surface area (Å²) in [5.74, 6) is 0.611. The molecule has 1 N–H and O–H groups in total. The molecule has 1 unspecified atom stereocenters. The first-order valence-corrected chi connectivity index (χ1v) is 6.45. The van der Waals surface area contributed by atoms with Gasteiger partial charge in [-0.25, -0.2) is 0 Å². The second-order valence-electron chi connectivity index (χ2n) is 4.95. The smallest absolute Gasteiger partial charge is 0.416 e. The molecular weight excluding hydrogens is 257 g/mol. The maximum Gasteiger partial charge on any atom is 0.416 e. The lowest BCUT2D eigenvalue weighted by molar-refractivity contribution is -0.137. The van der Waals surface area contributed by atoms with E-state index in [4.69, 9.17) is 4.74 Å². The molecule has 0 amide bonds. The zero-order chi connectivity index (χ0) is 13.9. The molecule has 1 aromatic carbocycles. The highest BCUT2D eigenvalue weighted by Gasteiger charge is 2.30. The average molecular weight is 274 g/mol. The Morgan fingerprint density at radius 3 is 2.26 bits per heavy atom. The summed E-state index contributed by atoms with van der Waals surface area (Å²) in [5, 5.41) is 9.89. The largest absolute Gasteiger partial charge is 0.491 e. The van der Waals surface area contributed by atoms with Crippen molar-refractivity contribution >= 4 is 0 Å². The maximum absolute atomic E-state index is 12.4. The molecule has 1 atom stereocenters. The highest BCUT2D eigenvalue weighted by atomic mass is 19.4. The first-order chi connectivity index (χ1) is 8.97. The van der Waals surface area contributed by atoms with Crippen molar-refractivity contribution in [3.05, 3.63) is 29.8 Å². The highest BCUT2D eigenvalue weighted by molar-refractivity contribution is 5.28. The van der Waals surface area contributed by atoms with Gasteiger partial charge in [0.15, 0.2) is 0 Å². The predicted molar refractivity (Wildman–Crippen MR) is 64.9 cm³/mol. The van der Waals surface area contributed by atoms with Gasteiger partial charge in [-0.3, -0.25) is 0 Å². The van der Waals surface area contributed by atoms with Gasteiger partial charge in [0.1, 0.15) is 12.4 Å². The van der Waals surface area contributed by atoms with E-state index in [9.17, 15) is 18.3 Å². The molecule has 1 aromatic rings. The molecule has 19 heavy (non-hydrogen) atoms. The summed E-state index contributed by atoms with van der Waals surface area (Å²) in [5.41, 5.74) is -0.698. The molecule has 0 bridgehead atoms. The molecule has 0 saturated heterocycles. The van der Waals surface area contributed by atoms with Crippen LogP contribution in [0.4, 0.5) is 13.2 Å². The SMILES string of the molecule is OC(COc1ccc(C(F)(F)F)cc1)C1CCCC1. The lowest BCUT2D eigenvalue weighted by Crippen LogP contribution is -2.25. The van der Waals surface area contributed by atoms with Crippen LogP contribution in [0.25, 0.3) is 0 Å². The van der Waals surface area contributed by atoms with Crippen LogP contribution in [0, 0.1) is 5.92 Å². The molecular formula is C14H17F3O2. The van der Waals surface area contributed by atoms with Crippen LogP contribution in [-0.2, 0) is 6.18 Å². The van der Waals surface area contributed by atoms with Crippen molar-refractivity contribution in [1.29, 1.82) is 0 Å². The molecule has 1 fully saturated rings. The van der Waals surface area contributed by atoms with Crippen LogP contribution in [0.5, 0.6) is 5.75 Å². The highest BCUT2D eigenvalue weighted by Crippen LogP contribution is 2.31. The number of alkyl halides is 3. The first-order valence-electron chi connectivity index (χ1n) is 6.45. The van der Waals surface area contributed by atoms with Crippen LogP contribution in [0.15, 0.2) is 24.3 Å². The average Bonchev–Trinajstić information content (AvgIpc) is 2.89. The summed E-state index contributed by atoms with van der Waals surface area (Å²) in [7, 11) is 0. The quantitative estimate of drug-likeness (QED) is 0.908. The summed E-state index contributed by atoms with van der Waals surface area (Å²) in [6.07, 6.45) is -0.620. The number of benzene rings is 1. The van der Waals surface area contributed by atoms with Gasteiger partial charge >= 0.3 is 6.18 Å². The predicted octanol–water partition coefficient (Wildman–Crippen LogP) is 3.64. The minimum Gasteiger partial charge on any atom is -0.491 e. The number of halogens is 3. The van der Waals surface area contributed by atoms with E-state index >= 15 is 0 Å². The van der Waals surface area contributed by atoms with E-state index in [2.05, 4.69) is 0 Å². The minimum atomic E-state index is -4.33. The van der Waals surface area contributed by atoms with Crippen LogP contribution in [0.3, 0.4) is 0 Å². The van der Waals surface area contributed by atoms with E-state index in [1.807, 2.05) is 0 Å². The molecule has 0 aromatic heterocycles. The maximum atomic E-state index is 12.4. The van der Waals surface area contributed by atoms with Crippen LogP contribution >= 0.6 is 0 Å². The van der Waals surface area contributed by atoms with Crippen LogP contribution in [0.1, 0.15) is 31.2 Å². The van der Waals surface area contributed by atoms with Gasteiger partial charge < -0.3 is 9.84 Å². The summed E-state index contributed by atoms with van der Waals surface area (Å²) >= 11 is 0. The summed E-state index contributed by atoms with van der Waals surface area (Å²) in [6.45, 7) is 0.135. The van der Waals surface area contributed by atoms with E-state index < -0.39 is 17.8 Å². The fraction of sp³-hybridized carbons (Fsp3) is 0.571. The van der Waals surface area contributed by atoms with Gasteiger partial charge in [-0.1, -0.05) is 12.8 Å². The lowest BCUT2D eigenvalue weighted by Gasteiger charge is -2.18. The van der Waals surface area contributed by atoms with Crippen LogP contribution in [-0.4, -0.2) is 17.8 Å². The van der Waals surface area contributed by atoms with Crippen molar-refractivity contribution in [1.82, 2.24) is 0 Å². The van der Waals surface area contributed by atoms with Crippen molar-refractivity contribution in [3.63, 3.8) is 0 Å². The number of ether oxygens (including phenoxy) is 1. The van der Waals surface area contributed by atoms with Crippen molar-refractivity contribution in [2.24, 2.45) is 5.92 Å². The van der Waals surface area contributed by atoms with E-state index in [0.717, 1.165) is 37.8 Å². The normalized spacial score (nSPS) is 18.5.